The lowest BCUT2D eigenvalue weighted by Gasteiger charge is -2.31. The molecule has 2 rings (SSSR count). The van der Waals surface area contributed by atoms with Gasteiger partial charge < -0.3 is 15.0 Å². The fraction of sp³-hybridized carbons (Fsp3) is 0.600. The minimum atomic E-state index is 0.0391. The van der Waals surface area contributed by atoms with E-state index in [1.807, 2.05) is 29.2 Å². The lowest BCUT2D eigenvalue weighted by atomic mass is 9.95. The maximum atomic E-state index is 12.4. The molecule has 1 aliphatic heterocycles. The van der Waals surface area contributed by atoms with Crippen LogP contribution in [-0.2, 0) is 16.0 Å². The van der Waals surface area contributed by atoms with Gasteiger partial charge in [0.25, 0.3) is 0 Å². The molecule has 0 radical (unpaired) electrons. The van der Waals surface area contributed by atoms with E-state index in [-0.39, 0.29) is 17.7 Å². The molecule has 2 amide bonds. The number of carbonyl (C=O) groups excluding carboxylic acids is 2. The molecular weight excluding hydrogens is 316 g/mol. The molecule has 1 N–H and O–H groups in total. The second-order valence-corrected chi connectivity index (χ2v) is 7.15. The monoisotopic (exact) mass is 346 g/mol. The first-order valence-corrected chi connectivity index (χ1v) is 9.18. The fourth-order valence-corrected chi connectivity index (χ4v) is 3.05. The predicted octanol–water partition coefficient (Wildman–Crippen LogP) is 2.64. The van der Waals surface area contributed by atoms with Crippen molar-refractivity contribution < 1.29 is 14.3 Å². The second kappa shape index (κ2) is 9.44. The van der Waals surface area contributed by atoms with Gasteiger partial charge in [-0.1, -0.05) is 26.0 Å². The standard InChI is InChI=1S/C20H30N2O3/c1-15(2)8-11-21-20(24)17-9-12-22(13-10-17)19(23)14-16-4-6-18(25-3)7-5-16/h4-7,15,17H,8-14H2,1-3H3,(H,21,24). The zero-order valence-electron chi connectivity index (χ0n) is 15.6. The van der Waals surface area contributed by atoms with Crippen molar-refractivity contribution in [3.8, 4) is 5.75 Å². The number of piperidine rings is 1. The van der Waals surface area contributed by atoms with Crippen molar-refractivity contribution in [2.45, 2.75) is 39.5 Å². The van der Waals surface area contributed by atoms with E-state index in [0.29, 0.717) is 25.4 Å². The summed E-state index contributed by atoms with van der Waals surface area (Å²) >= 11 is 0. The summed E-state index contributed by atoms with van der Waals surface area (Å²) in [6, 6.07) is 7.59. The Morgan fingerprint density at radius 1 is 1.20 bits per heavy atom. The molecule has 0 bridgehead atoms. The van der Waals surface area contributed by atoms with Crippen LogP contribution in [0.5, 0.6) is 5.75 Å². The molecule has 1 heterocycles. The van der Waals surface area contributed by atoms with E-state index in [1.165, 1.54) is 0 Å². The lowest BCUT2D eigenvalue weighted by molar-refractivity contribution is -0.135. The maximum absolute atomic E-state index is 12.4. The van der Waals surface area contributed by atoms with E-state index in [0.717, 1.165) is 37.1 Å². The number of amides is 2. The minimum Gasteiger partial charge on any atom is -0.497 e. The van der Waals surface area contributed by atoms with Crippen LogP contribution in [0.25, 0.3) is 0 Å². The summed E-state index contributed by atoms with van der Waals surface area (Å²) in [4.78, 5) is 26.5. The van der Waals surface area contributed by atoms with E-state index in [2.05, 4.69) is 19.2 Å². The molecule has 0 atom stereocenters. The summed E-state index contributed by atoms with van der Waals surface area (Å²) in [5.74, 6) is 1.70. The van der Waals surface area contributed by atoms with Crippen molar-refractivity contribution in [3.05, 3.63) is 29.8 Å². The number of ether oxygens (including phenoxy) is 1. The van der Waals surface area contributed by atoms with Gasteiger partial charge in [-0.25, -0.2) is 0 Å². The molecule has 138 valence electrons. The van der Waals surface area contributed by atoms with Crippen LogP contribution in [0.2, 0.25) is 0 Å². The van der Waals surface area contributed by atoms with Crippen LogP contribution in [0.15, 0.2) is 24.3 Å². The normalized spacial score (nSPS) is 15.3. The van der Waals surface area contributed by atoms with Gasteiger partial charge >= 0.3 is 0 Å². The number of nitrogens with one attached hydrogen (secondary N) is 1. The highest BCUT2D eigenvalue weighted by molar-refractivity contribution is 5.81. The third-order valence-electron chi connectivity index (χ3n) is 4.75. The highest BCUT2D eigenvalue weighted by Gasteiger charge is 2.27. The van der Waals surface area contributed by atoms with Gasteiger partial charge in [0.15, 0.2) is 0 Å². The van der Waals surface area contributed by atoms with Gasteiger partial charge in [-0.15, -0.1) is 0 Å². The second-order valence-electron chi connectivity index (χ2n) is 7.15. The van der Waals surface area contributed by atoms with Gasteiger partial charge in [0.2, 0.25) is 11.8 Å². The van der Waals surface area contributed by atoms with Gasteiger partial charge in [0, 0.05) is 25.6 Å². The predicted molar refractivity (Wildman–Crippen MR) is 98.5 cm³/mol. The average molecular weight is 346 g/mol. The maximum Gasteiger partial charge on any atom is 0.226 e. The molecule has 1 fully saturated rings. The number of rotatable bonds is 7. The first-order valence-electron chi connectivity index (χ1n) is 9.18. The van der Waals surface area contributed by atoms with Crippen LogP contribution >= 0.6 is 0 Å². The Labute approximate surface area is 150 Å². The van der Waals surface area contributed by atoms with Crippen LogP contribution in [0, 0.1) is 11.8 Å². The Morgan fingerprint density at radius 3 is 2.40 bits per heavy atom. The smallest absolute Gasteiger partial charge is 0.226 e. The third-order valence-corrected chi connectivity index (χ3v) is 4.75. The van der Waals surface area contributed by atoms with Gasteiger partial charge in [-0.05, 0) is 42.9 Å². The quantitative estimate of drug-likeness (QED) is 0.826. The summed E-state index contributed by atoms with van der Waals surface area (Å²) in [6.45, 7) is 6.37. The number of likely N-dealkylation sites (tertiary alicyclic amines) is 1. The van der Waals surface area contributed by atoms with Crippen LogP contribution in [0.1, 0.15) is 38.7 Å². The van der Waals surface area contributed by atoms with Gasteiger partial charge in [-0.2, -0.15) is 0 Å². The molecule has 0 unspecified atom stereocenters. The Morgan fingerprint density at radius 2 is 1.84 bits per heavy atom. The summed E-state index contributed by atoms with van der Waals surface area (Å²) in [7, 11) is 1.63. The van der Waals surface area contributed by atoms with E-state index in [9.17, 15) is 9.59 Å². The molecular formula is C20H30N2O3. The molecule has 0 saturated carbocycles. The zero-order valence-corrected chi connectivity index (χ0v) is 15.6. The van der Waals surface area contributed by atoms with Crippen LogP contribution in [0.3, 0.4) is 0 Å². The van der Waals surface area contributed by atoms with Crippen molar-refractivity contribution in [2.24, 2.45) is 11.8 Å². The third kappa shape index (κ3) is 6.07. The van der Waals surface area contributed by atoms with E-state index in [1.54, 1.807) is 7.11 Å². The number of carbonyl (C=O) groups is 2. The van der Waals surface area contributed by atoms with Gasteiger partial charge in [0.1, 0.15) is 5.75 Å². The van der Waals surface area contributed by atoms with Crippen molar-refractivity contribution in [1.82, 2.24) is 10.2 Å². The largest absolute Gasteiger partial charge is 0.497 e. The van der Waals surface area contributed by atoms with Crippen LogP contribution in [0.4, 0.5) is 0 Å². The molecule has 0 aromatic heterocycles. The molecule has 1 aliphatic rings. The van der Waals surface area contributed by atoms with E-state index >= 15 is 0 Å². The lowest BCUT2D eigenvalue weighted by Crippen LogP contribution is -2.43. The zero-order chi connectivity index (χ0) is 18.2. The highest BCUT2D eigenvalue weighted by atomic mass is 16.5. The van der Waals surface area contributed by atoms with Crippen molar-refractivity contribution in [1.29, 1.82) is 0 Å². The molecule has 0 aliphatic carbocycles. The van der Waals surface area contributed by atoms with E-state index < -0.39 is 0 Å². The molecule has 1 saturated heterocycles. The number of nitrogens with zero attached hydrogens (tertiary/aromatic N) is 1. The molecule has 25 heavy (non-hydrogen) atoms. The van der Waals surface area contributed by atoms with Gasteiger partial charge in [-0.3, -0.25) is 9.59 Å². The fourth-order valence-electron chi connectivity index (χ4n) is 3.05. The number of benzene rings is 1. The first-order chi connectivity index (χ1) is 12.0. The number of hydrogen-bond acceptors (Lipinski definition) is 3. The highest BCUT2D eigenvalue weighted by Crippen LogP contribution is 2.19. The van der Waals surface area contributed by atoms with Gasteiger partial charge in [0.05, 0.1) is 13.5 Å². The Balaban J connectivity index is 1.74. The Hall–Kier alpha value is -2.04. The van der Waals surface area contributed by atoms with Crippen molar-refractivity contribution >= 4 is 11.8 Å². The summed E-state index contributed by atoms with van der Waals surface area (Å²) < 4.78 is 5.13. The molecule has 1 aromatic carbocycles. The molecule has 5 heteroatoms. The van der Waals surface area contributed by atoms with Crippen molar-refractivity contribution in [3.63, 3.8) is 0 Å². The topological polar surface area (TPSA) is 58.6 Å². The first kappa shape index (κ1) is 19.3. The summed E-state index contributed by atoms with van der Waals surface area (Å²) in [6.07, 6.45) is 2.91. The molecule has 5 nitrogen and oxygen atoms in total. The summed E-state index contributed by atoms with van der Waals surface area (Å²) in [5.41, 5.74) is 0.986. The molecule has 0 spiro atoms. The number of methoxy groups -OCH3 is 1. The van der Waals surface area contributed by atoms with Crippen molar-refractivity contribution in [2.75, 3.05) is 26.7 Å². The van der Waals surface area contributed by atoms with E-state index in [4.69, 9.17) is 4.74 Å². The Bertz CT molecular complexity index is 561. The number of hydrogen-bond donors (Lipinski definition) is 1. The molecule has 1 aromatic rings. The summed E-state index contributed by atoms with van der Waals surface area (Å²) in [5, 5.41) is 3.02. The van der Waals surface area contributed by atoms with Crippen LogP contribution < -0.4 is 10.1 Å². The average Bonchev–Trinajstić information content (AvgIpc) is 2.62. The minimum absolute atomic E-state index is 0.0391. The van der Waals surface area contributed by atoms with Crippen LogP contribution in [-0.4, -0.2) is 43.5 Å². The SMILES string of the molecule is COc1ccc(CC(=O)N2CCC(C(=O)NCCC(C)C)CC2)cc1. The Kier molecular flexibility index (Phi) is 7.29.